The van der Waals surface area contributed by atoms with Gasteiger partial charge in [-0.05, 0) is 28.1 Å². The molecule has 0 aromatic carbocycles. The topological polar surface area (TPSA) is 96.7 Å². The maximum absolute atomic E-state index is 11.8. The second-order valence-corrected chi connectivity index (χ2v) is 4.74. The van der Waals surface area contributed by atoms with Crippen molar-refractivity contribution in [2.24, 2.45) is 0 Å². The van der Waals surface area contributed by atoms with Crippen molar-refractivity contribution >= 4 is 27.8 Å². The maximum Gasteiger partial charge on any atom is 0.293 e. The van der Waals surface area contributed by atoms with Crippen LogP contribution in [0.25, 0.3) is 11.4 Å². The lowest BCUT2D eigenvalue weighted by atomic mass is 10.3. The highest BCUT2D eigenvalue weighted by Gasteiger charge is 2.13. The van der Waals surface area contributed by atoms with Gasteiger partial charge in [0.2, 0.25) is 5.95 Å². The normalized spacial score (nSPS) is 10.4. The van der Waals surface area contributed by atoms with Crippen molar-refractivity contribution < 1.29 is 9.21 Å². The summed E-state index contributed by atoms with van der Waals surface area (Å²) in [5.41, 5.74) is 0.828. The summed E-state index contributed by atoms with van der Waals surface area (Å²) in [6.45, 7) is 0. The molecule has 3 aromatic rings. The third-order valence-corrected chi connectivity index (χ3v) is 2.87. The summed E-state index contributed by atoms with van der Waals surface area (Å²) < 4.78 is 5.75. The third kappa shape index (κ3) is 2.59. The number of H-pyrrole nitrogens is 1. The highest BCUT2D eigenvalue weighted by atomic mass is 79.9. The predicted octanol–water partition coefficient (Wildman–Crippen LogP) is 2.47. The van der Waals surface area contributed by atoms with Crippen molar-refractivity contribution in [2.75, 3.05) is 5.32 Å². The number of carbonyl (C=O) groups excluding carboxylic acids is 1. The van der Waals surface area contributed by atoms with Gasteiger partial charge in [-0.3, -0.25) is 20.2 Å². The Morgan fingerprint density at radius 2 is 2.15 bits per heavy atom. The van der Waals surface area contributed by atoms with E-state index in [1.165, 1.54) is 6.26 Å². The number of amides is 1. The number of hydrogen-bond acceptors (Lipinski definition) is 5. The van der Waals surface area contributed by atoms with Crippen LogP contribution in [0.1, 0.15) is 10.6 Å². The van der Waals surface area contributed by atoms with Crippen molar-refractivity contribution in [1.29, 1.82) is 0 Å². The molecule has 0 atom stereocenters. The number of furan rings is 1. The quantitative estimate of drug-likeness (QED) is 0.767. The Morgan fingerprint density at radius 3 is 2.85 bits per heavy atom. The molecule has 1 amide bonds. The van der Waals surface area contributed by atoms with Crippen LogP contribution in [0, 0.1) is 0 Å². The number of hydrogen-bond donors (Lipinski definition) is 2. The molecule has 8 heteroatoms. The van der Waals surface area contributed by atoms with E-state index < -0.39 is 5.91 Å². The zero-order valence-electron chi connectivity index (χ0n) is 10.0. The van der Waals surface area contributed by atoms with Crippen LogP contribution >= 0.6 is 15.9 Å². The first-order chi connectivity index (χ1) is 9.72. The zero-order valence-corrected chi connectivity index (χ0v) is 11.6. The minimum absolute atomic E-state index is 0.173. The summed E-state index contributed by atoms with van der Waals surface area (Å²) in [5.74, 6) is 0.473. The maximum atomic E-state index is 11.8. The van der Waals surface area contributed by atoms with E-state index in [2.05, 4.69) is 41.4 Å². The highest BCUT2D eigenvalue weighted by Crippen LogP contribution is 2.17. The van der Waals surface area contributed by atoms with Gasteiger partial charge in [-0.2, -0.15) is 4.98 Å². The van der Waals surface area contributed by atoms with Gasteiger partial charge < -0.3 is 4.42 Å². The van der Waals surface area contributed by atoms with Crippen LogP contribution < -0.4 is 5.32 Å². The highest BCUT2D eigenvalue weighted by molar-refractivity contribution is 9.10. The molecule has 2 N–H and O–H groups in total. The Kier molecular flexibility index (Phi) is 3.30. The van der Waals surface area contributed by atoms with Gasteiger partial charge >= 0.3 is 0 Å². The van der Waals surface area contributed by atoms with Gasteiger partial charge in [0.05, 0.1) is 4.47 Å². The van der Waals surface area contributed by atoms with E-state index in [9.17, 15) is 4.79 Å². The van der Waals surface area contributed by atoms with Crippen LogP contribution in [0.4, 0.5) is 5.95 Å². The Hall–Kier alpha value is -2.48. The van der Waals surface area contributed by atoms with Crippen LogP contribution in [0.15, 0.2) is 45.7 Å². The number of halogens is 1. The van der Waals surface area contributed by atoms with Crippen LogP contribution in [0.2, 0.25) is 0 Å². The summed E-state index contributed by atoms with van der Waals surface area (Å²) in [6.07, 6.45) is 4.72. The van der Waals surface area contributed by atoms with Gasteiger partial charge in [0.15, 0.2) is 11.6 Å². The molecule has 0 unspecified atom stereocenters. The van der Waals surface area contributed by atoms with Crippen LogP contribution in [-0.4, -0.2) is 26.1 Å². The van der Waals surface area contributed by atoms with Gasteiger partial charge in [-0.15, -0.1) is 5.10 Å². The number of aromatic nitrogens is 4. The summed E-state index contributed by atoms with van der Waals surface area (Å²) >= 11 is 3.20. The summed E-state index contributed by atoms with van der Waals surface area (Å²) in [7, 11) is 0. The number of anilines is 1. The zero-order chi connectivity index (χ0) is 13.9. The van der Waals surface area contributed by atoms with Crippen molar-refractivity contribution in [3.63, 3.8) is 0 Å². The standard InChI is InChI=1S/C12H8BrN5O2/c13-8-5-9(20-6-8)11(19)16-12-15-10(17-18-12)7-1-3-14-4-2-7/h1-6H,(H2,15,16,17,18,19). The van der Waals surface area contributed by atoms with E-state index in [4.69, 9.17) is 4.42 Å². The molecule has 100 valence electrons. The molecule has 20 heavy (non-hydrogen) atoms. The van der Waals surface area contributed by atoms with Gasteiger partial charge in [-0.1, -0.05) is 0 Å². The smallest absolute Gasteiger partial charge is 0.293 e. The lowest BCUT2D eigenvalue weighted by Crippen LogP contribution is -2.11. The molecule has 0 aliphatic rings. The molecular weight excluding hydrogens is 326 g/mol. The number of nitrogens with one attached hydrogen (secondary N) is 2. The first-order valence-corrected chi connectivity index (χ1v) is 6.40. The largest absolute Gasteiger partial charge is 0.458 e. The van der Waals surface area contributed by atoms with E-state index in [1.54, 1.807) is 30.6 Å². The van der Waals surface area contributed by atoms with Gasteiger partial charge in [0.1, 0.15) is 6.26 Å². The molecule has 0 aliphatic heterocycles. The minimum atomic E-state index is -0.420. The molecule has 0 aliphatic carbocycles. The summed E-state index contributed by atoms with van der Waals surface area (Å²) in [6, 6.07) is 5.14. The van der Waals surface area contributed by atoms with E-state index >= 15 is 0 Å². The molecule has 0 spiro atoms. The lowest BCUT2D eigenvalue weighted by Gasteiger charge is -1.96. The third-order valence-electron chi connectivity index (χ3n) is 2.46. The van der Waals surface area contributed by atoms with Crippen molar-refractivity contribution in [1.82, 2.24) is 20.2 Å². The number of pyridine rings is 1. The van der Waals surface area contributed by atoms with Crippen LogP contribution in [0.3, 0.4) is 0 Å². The fourth-order valence-electron chi connectivity index (χ4n) is 1.55. The first-order valence-electron chi connectivity index (χ1n) is 5.60. The molecule has 3 rings (SSSR count). The fraction of sp³-hybridized carbons (Fsp3) is 0. The van der Waals surface area contributed by atoms with Crippen molar-refractivity contribution in [2.45, 2.75) is 0 Å². The number of carbonyl (C=O) groups is 1. The van der Waals surface area contributed by atoms with Crippen molar-refractivity contribution in [3.05, 3.63) is 47.1 Å². The molecule has 0 bridgehead atoms. The monoisotopic (exact) mass is 333 g/mol. The number of rotatable bonds is 3. The van der Waals surface area contributed by atoms with Crippen molar-refractivity contribution in [3.8, 4) is 11.4 Å². The predicted molar refractivity (Wildman–Crippen MR) is 74.0 cm³/mol. The fourth-order valence-corrected chi connectivity index (χ4v) is 1.85. The van der Waals surface area contributed by atoms with Gasteiger partial charge in [0.25, 0.3) is 5.91 Å². The molecule has 0 fully saturated rings. The second-order valence-electron chi connectivity index (χ2n) is 3.83. The Balaban J connectivity index is 1.76. The second kappa shape index (κ2) is 5.25. The Bertz CT molecular complexity index is 737. The molecule has 7 nitrogen and oxygen atoms in total. The van der Waals surface area contributed by atoms with E-state index in [-0.39, 0.29) is 11.7 Å². The van der Waals surface area contributed by atoms with E-state index in [0.29, 0.717) is 10.3 Å². The summed E-state index contributed by atoms with van der Waals surface area (Å²) in [4.78, 5) is 19.9. The van der Waals surface area contributed by atoms with Crippen LogP contribution in [0.5, 0.6) is 0 Å². The van der Waals surface area contributed by atoms with Gasteiger partial charge in [-0.25, -0.2) is 0 Å². The SMILES string of the molecule is O=C(Nc1n[nH]c(-c2ccncc2)n1)c1cc(Br)co1. The molecule has 0 radical (unpaired) electrons. The lowest BCUT2D eigenvalue weighted by molar-refractivity contribution is 0.0996. The Labute approximate surface area is 121 Å². The summed E-state index contributed by atoms with van der Waals surface area (Å²) in [5, 5.41) is 9.20. The Morgan fingerprint density at radius 1 is 1.35 bits per heavy atom. The van der Waals surface area contributed by atoms with Gasteiger partial charge in [0, 0.05) is 24.0 Å². The molecule has 0 saturated heterocycles. The number of aromatic amines is 1. The van der Waals surface area contributed by atoms with Crippen LogP contribution in [-0.2, 0) is 0 Å². The average Bonchev–Trinajstić information content (AvgIpc) is 3.09. The molecule has 3 heterocycles. The van der Waals surface area contributed by atoms with E-state index in [1.807, 2.05) is 0 Å². The molecule has 0 saturated carbocycles. The molecule has 3 aromatic heterocycles. The first kappa shape index (κ1) is 12.5. The number of nitrogens with zero attached hydrogens (tertiary/aromatic N) is 3. The van der Waals surface area contributed by atoms with E-state index in [0.717, 1.165) is 5.56 Å². The average molecular weight is 334 g/mol. The minimum Gasteiger partial charge on any atom is -0.458 e. The molecular formula is C12H8BrN5O2.